The first kappa shape index (κ1) is 13.2. The first-order valence-corrected chi connectivity index (χ1v) is 7.73. The van der Waals surface area contributed by atoms with Gasteiger partial charge in [0.05, 0.1) is 6.04 Å². The third-order valence-electron chi connectivity index (χ3n) is 4.46. The van der Waals surface area contributed by atoms with Crippen molar-refractivity contribution in [3.05, 3.63) is 59.9 Å². The average Bonchev–Trinajstić information content (AvgIpc) is 2.57. The normalized spacial score (nSPS) is 20.6. The minimum absolute atomic E-state index is 0.298. The van der Waals surface area contributed by atoms with Crippen molar-refractivity contribution in [1.82, 2.24) is 15.0 Å². The standard InChI is InChI=1S/C18H18N4/c1-12-6-7-13-4-2-3-5-14(13)17(12)21-16-9-8-15-18(22-16)20-11-10-19-15/h2-5,8-12,17H,6-7H2,1H3,(H,20,21,22)/t12-,17-/m0/s1. The molecule has 0 radical (unpaired) electrons. The third kappa shape index (κ3) is 2.30. The van der Waals surface area contributed by atoms with E-state index in [0.29, 0.717) is 17.6 Å². The number of hydrogen-bond acceptors (Lipinski definition) is 4. The fourth-order valence-electron chi connectivity index (χ4n) is 3.24. The molecule has 22 heavy (non-hydrogen) atoms. The molecule has 1 N–H and O–H groups in total. The van der Waals surface area contributed by atoms with Crippen molar-refractivity contribution in [1.29, 1.82) is 0 Å². The SMILES string of the molecule is C[C@H]1CCc2ccccc2[C@H]1Nc1ccc2nccnc2n1. The van der Waals surface area contributed by atoms with E-state index in [1.165, 1.54) is 17.5 Å². The van der Waals surface area contributed by atoms with Crippen molar-refractivity contribution < 1.29 is 0 Å². The number of nitrogens with one attached hydrogen (secondary N) is 1. The van der Waals surface area contributed by atoms with Crippen LogP contribution >= 0.6 is 0 Å². The fourth-order valence-corrected chi connectivity index (χ4v) is 3.24. The summed E-state index contributed by atoms with van der Waals surface area (Å²) in [7, 11) is 0. The van der Waals surface area contributed by atoms with Gasteiger partial charge in [0.1, 0.15) is 11.3 Å². The summed E-state index contributed by atoms with van der Waals surface area (Å²) in [4.78, 5) is 13.1. The number of anilines is 1. The van der Waals surface area contributed by atoms with Gasteiger partial charge in [0.15, 0.2) is 5.65 Å². The van der Waals surface area contributed by atoms with E-state index >= 15 is 0 Å². The van der Waals surface area contributed by atoms with Gasteiger partial charge >= 0.3 is 0 Å². The highest BCUT2D eigenvalue weighted by atomic mass is 15.0. The molecule has 110 valence electrons. The number of fused-ring (bicyclic) bond motifs is 2. The Kier molecular flexibility index (Phi) is 3.22. The maximum absolute atomic E-state index is 4.59. The van der Waals surface area contributed by atoms with Gasteiger partial charge in [0, 0.05) is 12.4 Å². The van der Waals surface area contributed by atoms with Crippen LogP contribution in [0.4, 0.5) is 5.82 Å². The molecule has 1 aliphatic rings. The van der Waals surface area contributed by atoms with Crippen LogP contribution in [-0.4, -0.2) is 15.0 Å². The van der Waals surface area contributed by atoms with Crippen LogP contribution in [0.15, 0.2) is 48.8 Å². The first-order chi connectivity index (χ1) is 10.8. The summed E-state index contributed by atoms with van der Waals surface area (Å²) >= 11 is 0. The van der Waals surface area contributed by atoms with Gasteiger partial charge in [-0.3, -0.25) is 4.98 Å². The third-order valence-corrected chi connectivity index (χ3v) is 4.46. The Morgan fingerprint density at radius 1 is 1.05 bits per heavy atom. The van der Waals surface area contributed by atoms with Crippen LogP contribution < -0.4 is 5.32 Å². The fraction of sp³-hybridized carbons (Fsp3) is 0.278. The minimum Gasteiger partial charge on any atom is -0.363 e. The van der Waals surface area contributed by atoms with Crippen LogP contribution in [0.1, 0.15) is 30.5 Å². The van der Waals surface area contributed by atoms with Gasteiger partial charge in [-0.25, -0.2) is 9.97 Å². The molecule has 2 aromatic heterocycles. The van der Waals surface area contributed by atoms with E-state index in [9.17, 15) is 0 Å². The van der Waals surface area contributed by atoms with Gasteiger partial charge < -0.3 is 5.32 Å². The molecule has 0 saturated heterocycles. The number of hydrogen-bond donors (Lipinski definition) is 1. The monoisotopic (exact) mass is 290 g/mol. The Bertz CT molecular complexity index is 815. The summed E-state index contributed by atoms with van der Waals surface area (Å²) in [5.74, 6) is 1.44. The molecule has 3 aromatic rings. The van der Waals surface area contributed by atoms with E-state index in [0.717, 1.165) is 17.8 Å². The second kappa shape index (κ2) is 5.37. The molecule has 4 nitrogen and oxygen atoms in total. The van der Waals surface area contributed by atoms with Crippen molar-refractivity contribution in [2.24, 2.45) is 5.92 Å². The summed E-state index contributed by atoms with van der Waals surface area (Å²) in [5.41, 5.74) is 4.34. The molecular formula is C18H18N4. The lowest BCUT2D eigenvalue weighted by Crippen LogP contribution is -2.25. The zero-order valence-corrected chi connectivity index (χ0v) is 12.5. The molecular weight excluding hydrogens is 272 g/mol. The van der Waals surface area contributed by atoms with Crippen molar-refractivity contribution in [2.45, 2.75) is 25.8 Å². The quantitative estimate of drug-likeness (QED) is 0.780. The van der Waals surface area contributed by atoms with E-state index < -0.39 is 0 Å². The summed E-state index contributed by atoms with van der Waals surface area (Å²) < 4.78 is 0. The molecule has 2 atom stereocenters. The average molecular weight is 290 g/mol. The molecule has 0 unspecified atom stereocenters. The predicted molar refractivity (Wildman–Crippen MR) is 87.6 cm³/mol. The Balaban J connectivity index is 1.69. The van der Waals surface area contributed by atoms with Crippen LogP contribution in [0.3, 0.4) is 0 Å². The minimum atomic E-state index is 0.298. The lowest BCUT2D eigenvalue weighted by Gasteiger charge is -2.32. The number of pyridine rings is 1. The first-order valence-electron chi connectivity index (χ1n) is 7.73. The number of benzene rings is 1. The number of aromatic nitrogens is 3. The topological polar surface area (TPSA) is 50.7 Å². The van der Waals surface area contributed by atoms with Gasteiger partial charge in [0.25, 0.3) is 0 Å². The Hall–Kier alpha value is -2.49. The molecule has 1 aliphatic carbocycles. The summed E-state index contributed by atoms with van der Waals surface area (Å²) in [6.45, 7) is 2.30. The van der Waals surface area contributed by atoms with Crippen molar-refractivity contribution in [3.8, 4) is 0 Å². The molecule has 0 amide bonds. The highest BCUT2D eigenvalue weighted by Crippen LogP contribution is 2.36. The molecule has 4 heteroatoms. The van der Waals surface area contributed by atoms with Crippen LogP contribution in [0, 0.1) is 5.92 Å². The lowest BCUT2D eigenvalue weighted by molar-refractivity contribution is 0.433. The lowest BCUT2D eigenvalue weighted by atomic mass is 9.81. The van der Waals surface area contributed by atoms with Gasteiger partial charge in [-0.1, -0.05) is 31.2 Å². The Morgan fingerprint density at radius 3 is 2.86 bits per heavy atom. The maximum atomic E-state index is 4.59. The van der Waals surface area contributed by atoms with Gasteiger partial charge in [-0.15, -0.1) is 0 Å². The number of nitrogens with zero attached hydrogens (tertiary/aromatic N) is 3. The summed E-state index contributed by atoms with van der Waals surface area (Å²) in [6.07, 6.45) is 5.72. The van der Waals surface area contributed by atoms with E-state index in [1.54, 1.807) is 12.4 Å². The van der Waals surface area contributed by atoms with Gasteiger partial charge in [0.2, 0.25) is 0 Å². The molecule has 0 saturated carbocycles. The van der Waals surface area contributed by atoms with E-state index in [-0.39, 0.29) is 0 Å². The van der Waals surface area contributed by atoms with Gasteiger partial charge in [-0.2, -0.15) is 0 Å². The maximum Gasteiger partial charge on any atom is 0.180 e. The van der Waals surface area contributed by atoms with Crippen molar-refractivity contribution in [3.63, 3.8) is 0 Å². The molecule has 0 fully saturated rings. The van der Waals surface area contributed by atoms with E-state index in [2.05, 4.69) is 51.5 Å². The zero-order valence-electron chi connectivity index (χ0n) is 12.5. The van der Waals surface area contributed by atoms with E-state index in [4.69, 9.17) is 0 Å². The summed E-state index contributed by atoms with van der Waals surface area (Å²) in [5, 5.41) is 3.60. The number of rotatable bonds is 2. The number of aryl methyl sites for hydroxylation is 1. The van der Waals surface area contributed by atoms with Crippen LogP contribution in [0.2, 0.25) is 0 Å². The summed E-state index contributed by atoms with van der Waals surface area (Å²) in [6, 6.07) is 12.9. The zero-order chi connectivity index (χ0) is 14.9. The largest absolute Gasteiger partial charge is 0.363 e. The smallest absolute Gasteiger partial charge is 0.180 e. The Morgan fingerprint density at radius 2 is 1.91 bits per heavy atom. The Labute approximate surface area is 129 Å². The van der Waals surface area contributed by atoms with Crippen LogP contribution in [-0.2, 0) is 6.42 Å². The molecule has 0 aliphatic heterocycles. The molecule has 0 spiro atoms. The molecule has 1 aromatic carbocycles. The second-order valence-electron chi connectivity index (χ2n) is 5.93. The van der Waals surface area contributed by atoms with Gasteiger partial charge in [-0.05, 0) is 42.0 Å². The predicted octanol–water partition coefficient (Wildman–Crippen LogP) is 3.76. The highest BCUT2D eigenvalue weighted by Gasteiger charge is 2.26. The molecule has 0 bridgehead atoms. The van der Waals surface area contributed by atoms with Crippen molar-refractivity contribution >= 4 is 17.0 Å². The van der Waals surface area contributed by atoms with Crippen LogP contribution in [0.5, 0.6) is 0 Å². The second-order valence-corrected chi connectivity index (χ2v) is 5.93. The van der Waals surface area contributed by atoms with E-state index in [1.807, 2.05) is 12.1 Å². The highest BCUT2D eigenvalue weighted by molar-refractivity contribution is 5.71. The van der Waals surface area contributed by atoms with Crippen molar-refractivity contribution in [2.75, 3.05) is 5.32 Å². The van der Waals surface area contributed by atoms with Crippen LogP contribution in [0.25, 0.3) is 11.2 Å². The molecule has 2 heterocycles. The molecule has 4 rings (SSSR count).